The molecule has 0 amide bonds. The molecule has 2 aromatic rings. The maximum absolute atomic E-state index is 11.4. The van der Waals surface area contributed by atoms with E-state index in [-0.39, 0.29) is 5.69 Å². The van der Waals surface area contributed by atoms with Gasteiger partial charge in [0.15, 0.2) is 0 Å². The summed E-state index contributed by atoms with van der Waals surface area (Å²) in [5.74, 6) is 0. The minimum Gasteiger partial charge on any atom is -0.323 e. The van der Waals surface area contributed by atoms with E-state index in [0.29, 0.717) is 12.0 Å². The third kappa shape index (κ3) is 3.28. The largest absolute Gasteiger partial charge is 0.337 e. The van der Waals surface area contributed by atoms with Crippen LogP contribution in [0.2, 0.25) is 0 Å². The summed E-state index contributed by atoms with van der Waals surface area (Å²) >= 11 is 0. The maximum atomic E-state index is 11.4. The molecule has 0 aliphatic heterocycles. The molecule has 0 saturated heterocycles. The van der Waals surface area contributed by atoms with Crippen LogP contribution in [0.5, 0.6) is 0 Å². The van der Waals surface area contributed by atoms with Gasteiger partial charge in [-0.1, -0.05) is 30.3 Å². The van der Waals surface area contributed by atoms with Crippen LogP contribution in [0.25, 0.3) is 0 Å². The Kier molecular flexibility index (Phi) is 4.07. The number of nitro groups is 1. The SMILES string of the molecule is O=c1[nH]ccc(CCCc2ccccc2)c1[N+](=O)[O-]. The third-order valence-electron chi connectivity index (χ3n) is 2.96. The molecule has 0 fully saturated rings. The van der Waals surface area contributed by atoms with Crippen molar-refractivity contribution >= 4 is 5.69 Å². The van der Waals surface area contributed by atoms with Crippen LogP contribution in [0.3, 0.4) is 0 Å². The predicted octanol–water partition coefficient (Wildman–Crippen LogP) is 2.46. The molecule has 1 aromatic heterocycles. The molecule has 1 N–H and O–H groups in total. The van der Waals surface area contributed by atoms with Crippen LogP contribution in [0.1, 0.15) is 17.5 Å². The van der Waals surface area contributed by atoms with Crippen molar-refractivity contribution in [2.24, 2.45) is 0 Å². The Balaban J connectivity index is 2.06. The zero-order valence-electron chi connectivity index (χ0n) is 10.3. The summed E-state index contributed by atoms with van der Waals surface area (Å²) in [5, 5.41) is 10.9. The van der Waals surface area contributed by atoms with Crippen molar-refractivity contribution in [2.75, 3.05) is 0 Å². The lowest BCUT2D eigenvalue weighted by atomic mass is 10.0. The van der Waals surface area contributed by atoms with Crippen molar-refractivity contribution in [3.63, 3.8) is 0 Å². The molecule has 98 valence electrons. The Bertz CT molecular complexity index is 620. The topological polar surface area (TPSA) is 76.0 Å². The number of aromatic nitrogens is 1. The average Bonchev–Trinajstić information content (AvgIpc) is 2.39. The van der Waals surface area contributed by atoms with Crippen LogP contribution in [0, 0.1) is 10.1 Å². The first kappa shape index (κ1) is 13.0. The molecule has 0 unspecified atom stereocenters. The Hall–Kier alpha value is -2.43. The number of hydrogen-bond donors (Lipinski definition) is 1. The number of pyridine rings is 1. The molecular weight excluding hydrogens is 244 g/mol. The van der Waals surface area contributed by atoms with Gasteiger partial charge in [-0.3, -0.25) is 14.9 Å². The van der Waals surface area contributed by atoms with Gasteiger partial charge < -0.3 is 4.98 Å². The quantitative estimate of drug-likeness (QED) is 0.661. The number of hydrogen-bond acceptors (Lipinski definition) is 3. The van der Waals surface area contributed by atoms with Gasteiger partial charge in [-0.25, -0.2) is 0 Å². The van der Waals surface area contributed by atoms with Crippen molar-refractivity contribution in [3.8, 4) is 0 Å². The van der Waals surface area contributed by atoms with E-state index in [0.717, 1.165) is 12.8 Å². The highest BCUT2D eigenvalue weighted by molar-refractivity contribution is 5.36. The second kappa shape index (κ2) is 5.95. The average molecular weight is 258 g/mol. The summed E-state index contributed by atoms with van der Waals surface area (Å²) in [5.41, 5.74) is 0.706. The van der Waals surface area contributed by atoms with Crippen LogP contribution in [-0.2, 0) is 12.8 Å². The van der Waals surface area contributed by atoms with Gasteiger partial charge in [-0.2, -0.15) is 0 Å². The van der Waals surface area contributed by atoms with E-state index in [1.54, 1.807) is 6.07 Å². The van der Waals surface area contributed by atoms with Crippen molar-refractivity contribution < 1.29 is 4.92 Å². The maximum Gasteiger partial charge on any atom is 0.337 e. The van der Waals surface area contributed by atoms with Crippen LogP contribution in [0.4, 0.5) is 5.69 Å². The van der Waals surface area contributed by atoms with Crippen LogP contribution < -0.4 is 5.56 Å². The highest BCUT2D eigenvalue weighted by atomic mass is 16.6. The molecule has 0 atom stereocenters. The number of aryl methyl sites for hydroxylation is 2. The molecule has 0 aliphatic carbocycles. The highest BCUT2D eigenvalue weighted by Gasteiger charge is 2.17. The standard InChI is InChI=1S/C14H14N2O3/c17-14-13(16(18)19)12(9-10-15-14)8-4-7-11-5-2-1-3-6-11/h1-3,5-6,9-10H,4,7-8H2,(H,15,17). The first-order valence-electron chi connectivity index (χ1n) is 6.07. The van der Waals surface area contributed by atoms with Crippen LogP contribution in [0.15, 0.2) is 47.4 Å². The van der Waals surface area contributed by atoms with Gasteiger partial charge in [0.2, 0.25) is 0 Å². The molecule has 5 nitrogen and oxygen atoms in total. The molecule has 5 heteroatoms. The van der Waals surface area contributed by atoms with Gasteiger partial charge >= 0.3 is 11.2 Å². The number of rotatable bonds is 5. The van der Waals surface area contributed by atoms with Gasteiger partial charge in [-0.15, -0.1) is 0 Å². The van der Waals surface area contributed by atoms with E-state index in [4.69, 9.17) is 0 Å². The Morgan fingerprint density at radius 3 is 2.53 bits per heavy atom. The fourth-order valence-corrected chi connectivity index (χ4v) is 2.04. The smallest absolute Gasteiger partial charge is 0.323 e. The van der Waals surface area contributed by atoms with Crippen molar-refractivity contribution in [2.45, 2.75) is 19.3 Å². The second-order valence-electron chi connectivity index (χ2n) is 4.28. The molecule has 0 saturated carbocycles. The van der Waals surface area contributed by atoms with E-state index >= 15 is 0 Å². The first-order chi connectivity index (χ1) is 9.18. The van der Waals surface area contributed by atoms with E-state index in [1.165, 1.54) is 11.8 Å². The summed E-state index contributed by atoms with van der Waals surface area (Å²) < 4.78 is 0. The Morgan fingerprint density at radius 1 is 1.11 bits per heavy atom. The number of benzene rings is 1. The van der Waals surface area contributed by atoms with Crippen molar-refractivity contribution in [1.29, 1.82) is 0 Å². The predicted molar refractivity (Wildman–Crippen MR) is 72.2 cm³/mol. The highest BCUT2D eigenvalue weighted by Crippen LogP contribution is 2.15. The van der Waals surface area contributed by atoms with Crippen molar-refractivity contribution in [1.82, 2.24) is 4.98 Å². The van der Waals surface area contributed by atoms with E-state index in [1.807, 2.05) is 30.3 Å². The third-order valence-corrected chi connectivity index (χ3v) is 2.96. The number of H-pyrrole nitrogens is 1. The molecular formula is C14H14N2O3. The second-order valence-corrected chi connectivity index (χ2v) is 4.28. The minimum absolute atomic E-state index is 0.337. The van der Waals surface area contributed by atoms with E-state index in [2.05, 4.69) is 4.98 Å². The van der Waals surface area contributed by atoms with E-state index < -0.39 is 10.5 Å². The lowest BCUT2D eigenvalue weighted by Gasteiger charge is -2.02. The van der Waals surface area contributed by atoms with Gasteiger partial charge in [0.05, 0.1) is 4.92 Å². The van der Waals surface area contributed by atoms with Crippen molar-refractivity contribution in [3.05, 3.63) is 74.2 Å². The molecule has 0 aliphatic rings. The molecule has 1 heterocycles. The van der Waals surface area contributed by atoms with Gasteiger partial charge in [0.25, 0.3) is 0 Å². The molecule has 0 spiro atoms. The van der Waals surface area contributed by atoms with Crippen LogP contribution in [-0.4, -0.2) is 9.91 Å². The molecule has 0 radical (unpaired) electrons. The van der Waals surface area contributed by atoms with Gasteiger partial charge in [0.1, 0.15) is 0 Å². The number of nitrogens with one attached hydrogen (secondary N) is 1. The summed E-state index contributed by atoms with van der Waals surface area (Å²) in [4.78, 5) is 24.0. The Morgan fingerprint density at radius 2 is 1.84 bits per heavy atom. The lowest BCUT2D eigenvalue weighted by molar-refractivity contribution is -0.387. The van der Waals surface area contributed by atoms with Crippen LogP contribution >= 0.6 is 0 Å². The zero-order chi connectivity index (χ0) is 13.7. The normalized spacial score (nSPS) is 10.3. The summed E-state index contributed by atoms with van der Waals surface area (Å²) in [6.45, 7) is 0. The summed E-state index contributed by atoms with van der Waals surface area (Å²) in [6.07, 6.45) is 3.58. The summed E-state index contributed by atoms with van der Waals surface area (Å²) in [6, 6.07) is 11.5. The fourth-order valence-electron chi connectivity index (χ4n) is 2.04. The monoisotopic (exact) mass is 258 g/mol. The molecule has 19 heavy (non-hydrogen) atoms. The molecule has 0 bridgehead atoms. The number of aromatic amines is 1. The number of nitrogens with zero attached hydrogens (tertiary/aromatic N) is 1. The zero-order valence-corrected chi connectivity index (χ0v) is 10.3. The van der Waals surface area contributed by atoms with E-state index in [9.17, 15) is 14.9 Å². The van der Waals surface area contributed by atoms with Gasteiger partial charge in [-0.05, 0) is 30.9 Å². The molecule has 1 aromatic carbocycles. The minimum atomic E-state index is -0.637. The lowest BCUT2D eigenvalue weighted by Crippen LogP contribution is -2.13. The Labute approximate surface area is 110 Å². The van der Waals surface area contributed by atoms with Gasteiger partial charge in [0, 0.05) is 11.8 Å². The fraction of sp³-hybridized carbons (Fsp3) is 0.214. The summed E-state index contributed by atoms with van der Waals surface area (Å²) in [7, 11) is 0. The first-order valence-corrected chi connectivity index (χ1v) is 6.07. The molecule has 2 rings (SSSR count).